The van der Waals surface area contributed by atoms with E-state index in [9.17, 15) is 4.79 Å². The Bertz CT molecular complexity index is 331. The third-order valence-electron chi connectivity index (χ3n) is 2.81. The Balaban J connectivity index is 1.97. The molecule has 1 aromatic carbocycles. The molecule has 2 rings (SSSR count). The number of nitrogens with zero attached hydrogens (tertiary/aromatic N) is 1. The zero-order valence-corrected chi connectivity index (χ0v) is 9.28. The van der Waals surface area contributed by atoms with Gasteiger partial charge in [-0.2, -0.15) is 0 Å². The van der Waals surface area contributed by atoms with Crippen LogP contribution in [-0.4, -0.2) is 32.6 Å². The molecule has 1 aliphatic rings. The van der Waals surface area contributed by atoms with Crippen molar-refractivity contribution in [1.29, 1.82) is 0 Å². The van der Waals surface area contributed by atoms with Gasteiger partial charge in [0.15, 0.2) is 0 Å². The minimum absolute atomic E-state index is 0.603. The molecule has 0 atom stereocenters. The SMILES string of the molecule is O=CNCc1ccc(N2CCNCC2)cc1. The van der Waals surface area contributed by atoms with Gasteiger partial charge in [0.25, 0.3) is 0 Å². The number of hydrogen-bond acceptors (Lipinski definition) is 3. The fourth-order valence-electron chi connectivity index (χ4n) is 1.91. The second-order valence-corrected chi connectivity index (χ2v) is 3.90. The third kappa shape index (κ3) is 2.73. The molecule has 0 bridgehead atoms. The lowest BCUT2D eigenvalue weighted by Gasteiger charge is -2.29. The van der Waals surface area contributed by atoms with Crippen LogP contribution in [-0.2, 0) is 11.3 Å². The van der Waals surface area contributed by atoms with Crippen LogP contribution < -0.4 is 15.5 Å². The molecule has 0 aromatic heterocycles. The molecular weight excluding hydrogens is 202 g/mol. The number of carbonyl (C=O) groups excluding carboxylic acids is 1. The van der Waals surface area contributed by atoms with E-state index in [1.807, 2.05) is 0 Å². The summed E-state index contributed by atoms with van der Waals surface area (Å²) in [6.45, 7) is 4.83. The second-order valence-electron chi connectivity index (χ2n) is 3.90. The van der Waals surface area contributed by atoms with Gasteiger partial charge in [-0.15, -0.1) is 0 Å². The normalized spacial score (nSPS) is 15.9. The van der Waals surface area contributed by atoms with Crippen molar-refractivity contribution in [3.05, 3.63) is 29.8 Å². The summed E-state index contributed by atoms with van der Waals surface area (Å²) in [7, 11) is 0. The molecule has 2 N–H and O–H groups in total. The van der Waals surface area contributed by atoms with Crippen molar-refractivity contribution in [3.8, 4) is 0 Å². The van der Waals surface area contributed by atoms with Crippen molar-refractivity contribution >= 4 is 12.1 Å². The van der Waals surface area contributed by atoms with E-state index < -0.39 is 0 Å². The fraction of sp³-hybridized carbons (Fsp3) is 0.417. The van der Waals surface area contributed by atoms with Gasteiger partial charge >= 0.3 is 0 Å². The average molecular weight is 219 g/mol. The van der Waals surface area contributed by atoms with Crippen LogP contribution in [0.1, 0.15) is 5.56 Å². The molecule has 0 saturated carbocycles. The van der Waals surface area contributed by atoms with Crippen LogP contribution in [0.4, 0.5) is 5.69 Å². The van der Waals surface area contributed by atoms with E-state index >= 15 is 0 Å². The average Bonchev–Trinajstić information content (AvgIpc) is 2.38. The van der Waals surface area contributed by atoms with E-state index in [2.05, 4.69) is 39.8 Å². The van der Waals surface area contributed by atoms with Crippen LogP contribution in [0.5, 0.6) is 0 Å². The molecule has 0 spiro atoms. The molecule has 16 heavy (non-hydrogen) atoms. The highest BCUT2D eigenvalue weighted by atomic mass is 16.1. The van der Waals surface area contributed by atoms with Crippen LogP contribution in [0.15, 0.2) is 24.3 Å². The van der Waals surface area contributed by atoms with E-state index in [1.54, 1.807) is 0 Å². The highest BCUT2D eigenvalue weighted by molar-refractivity contribution is 5.49. The first-order chi connectivity index (χ1) is 7.90. The van der Waals surface area contributed by atoms with Gasteiger partial charge in [0.05, 0.1) is 0 Å². The summed E-state index contributed by atoms with van der Waals surface area (Å²) in [6, 6.07) is 8.36. The number of carbonyl (C=O) groups is 1. The molecule has 4 heteroatoms. The smallest absolute Gasteiger partial charge is 0.207 e. The molecule has 86 valence electrons. The van der Waals surface area contributed by atoms with Crippen LogP contribution >= 0.6 is 0 Å². The number of hydrogen-bond donors (Lipinski definition) is 2. The van der Waals surface area contributed by atoms with E-state index in [1.165, 1.54) is 5.69 Å². The minimum atomic E-state index is 0.603. The molecule has 0 aliphatic carbocycles. The number of anilines is 1. The van der Waals surface area contributed by atoms with Gasteiger partial charge in [-0.25, -0.2) is 0 Å². The zero-order valence-electron chi connectivity index (χ0n) is 9.28. The molecular formula is C12H17N3O. The molecule has 1 saturated heterocycles. The number of amides is 1. The second kappa shape index (κ2) is 5.51. The molecule has 1 heterocycles. The van der Waals surface area contributed by atoms with Crippen molar-refractivity contribution in [1.82, 2.24) is 10.6 Å². The Labute approximate surface area is 95.6 Å². The van der Waals surface area contributed by atoms with Crippen molar-refractivity contribution in [3.63, 3.8) is 0 Å². The van der Waals surface area contributed by atoms with Crippen LogP contribution in [0.3, 0.4) is 0 Å². The summed E-state index contributed by atoms with van der Waals surface area (Å²) < 4.78 is 0. The van der Waals surface area contributed by atoms with E-state index in [0.717, 1.165) is 38.2 Å². The molecule has 1 aliphatic heterocycles. The summed E-state index contributed by atoms with van der Waals surface area (Å²) in [6.07, 6.45) is 0.726. The number of rotatable bonds is 4. The molecule has 4 nitrogen and oxygen atoms in total. The lowest BCUT2D eigenvalue weighted by Crippen LogP contribution is -2.43. The largest absolute Gasteiger partial charge is 0.369 e. The van der Waals surface area contributed by atoms with Crippen LogP contribution in [0.2, 0.25) is 0 Å². The molecule has 1 fully saturated rings. The monoisotopic (exact) mass is 219 g/mol. The molecule has 1 aromatic rings. The number of benzene rings is 1. The van der Waals surface area contributed by atoms with Gasteiger partial charge in [-0.05, 0) is 17.7 Å². The maximum absolute atomic E-state index is 10.2. The van der Waals surface area contributed by atoms with Crippen molar-refractivity contribution in [2.45, 2.75) is 6.54 Å². The predicted octanol–water partition coefficient (Wildman–Crippen LogP) is 0.342. The summed E-state index contributed by atoms with van der Waals surface area (Å²) in [4.78, 5) is 12.5. The van der Waals surface area contributed by atoms with Crippen molar-refractivity contribution < 1.29 is 4.79 Å². The third-order valence-corrected chi connectivity index (χ3v) is 2.81. The van der Waals surface area contributed by atoms with Crippen molar-refractivity contribution in [2.24, 2.45) is 0 Å². The summed E-state index contributed by atoms with van der Waals surface area (Å²) >= 11 is 0. The Hall–Kier alpha value is -1.55. The summed E-state index contributed by atoms with van der Waals surface area (Å²) in [5.74, 6) is 0. The van der Waals surface area contributed by atoms with Crippen LogP contribution in [0.25, 0.3) is 0 Å². The quantitative estimate of drug-likeness (QED) is 0.718. The lowest BCUT2D eigenvalue weighted by atomic mass is 10.2. The summed E-state index contributed by atoms with van der Waals surface area (Å²) in [5, 5.41) is 5.99. The van der Waals surface area contributed by atoms with Crippen molar-refractivity contribution in [2.75, 3.05) is 31.1 Å². The van der Waals surface area contributed by atoms with E-state index in [4.69, 9.17) is 0 Å². The predicted molar refractivity (Wildman–Crippen MR) is 64.4 cm³/mol. The van der Waals surface area contributed by atoms with E-state index in [0.29, 0.717) is 6.54 Å². The van der Waals surface area contributed by atoms with Gasteiger partial charge in [0, 0.05) is 38.4 Å². The molecule has 1 amide bonds. The minimum Gasteiger partial charge on any atom is -0.369 e. The molecule has 0 radical (unpaired) electrons. The Morgan fingerprint density at radius 1 is 1.25 bits per heavy atom. The first kappa shape index (κ1) is 11.0. The Morgan fingerprint density at radius 3 is 2.56 bits per heavy atom. The maximum Gasteiger partial charge on any atom is 0.207 e. The van der Waals surface area contributed by atoms with Gasteiger partial charge in [-0.3, -0.25) is 4.79 Å². The van der Waals surface area contributed by atoms with Gasteiger partial charge < -0.3 is 15.5 Å². The first-order valence-corrected chi connectivity index (χ1v) is 5.62. The topological polar surface area (TPSA) is 44.4 Å². The Kier molecular flexibility index (Phi) is 3.77. The van der Waals surface area contributed by atoms with Gasteiger partial charge in [0.1, 0.15) is 0 Å². The first-order valence-electron chi connectivity index (χ1n) is 5.62. The zero-order chi connectivity index (χ0) is 11.2. The lowest BCUT2D eigenvalue weighted by molar-refractivity contribution is -0.109. The highest BCUT2D eigenvalue weighted by Crippen LogP contribution is 2.15. The van der Waals surface area contributed by atoms with E-state index in [-0.39, 0.29) is 0 Å². The number of nitrogens with one attached hydrogen (secondary N) is 2. The highest BCUT2D eigenvalue weighted by Gasteiger charge is 2.09. The fourth-order valence-corrected chi connectivity index (χ4v) is 1.91. The standard InChI is InChI=1S/C12H17N3O/c16-10-14-9-11-1-3-12(4-2-11)15-7-5-13-6-8-15/h1-4,10,13H,5-9H2,(H,14,16). The van der Waals surface area contributed by atoms with Crippen LogP contribution in [0, 0.1) is 0 Å². The summed E-state index contributed by atoms with van der Waals surface area (Å²) in [5.41, 5.74) is 2.39. The maximum atomic E-state index is 10.2. The Morgan fingerprint density at radius 2 is 1.94 bits per heavy atom. The van der Waals surface area contributed by atoms with Gasteiger partial charge in [0.2, 0.25) is 6.41 Å². The molecule has 0 unspecified atom stereocenters. The number of piperazine rings is 1. The van der Waals surface area contributed by atoms with Gasteiger partial charge in [-0.1, -0.05) is 12.1 Å².